The summed E-state index contributed by atoms with van der Waals surface area (Å²) in [7, 11) is 0. The average molecular weight is 351 g/mol. The summed E-state index contributed by atoms with van der Waals surface area (Å²) >= 11 is 0. The summed E-state index contributed by atoms with van der Waals surface area (Å²) in [5, 5.41) is 4.01. The molecule has 5 nitrogen and oxygen atoms in total. The first-order valence-electron chi connectivity index (χ1n) is 8.95. The van der Waals surface area contributed by atoms with Crippen LogP contribution in [-0.4, -0.2) is 22.5 Å². The molecule has 0 amide bonds. The van der Waals surface area contributed by atoms with Gasteiger partial charge < -0.3 is 4.52 Å². The lowest BCUT2D eigenvalue weighted by molar-refractivity contribution is -0.133. The van der Waals surface area contributed by atoms with Crippen LogP contribution in [-0.2, 0) is 9.59 Å². The quantitative estimate of drug-likeness (QED) is 0.624. The van der Waals surface area contributed by atoms with Crippen LogP contribution in [0.2, 0.25) is 0 Å². The van der Waals surface area contributed by atoms with Gasteiger partial charge in [0.15, 0.2) is 23.1 Å². The maximum absolute atomic E-state index is 13.1. The largest absolute Gasteiger partial charge is 0.356 e. The Morgan fingerprint density at radius 3 is 2.50 bits per heavy atom. The lowest BCUT2D eigenvalue weighted by Gasteiger charge is -2.20. The van der Waals surface area contributed by atoms with Crippen LogP contribution in [0, 0.1) is 45.4 Å². The van der Waals surface area contributed by atoms with Gasteiger partial charge in [-0.05, 0) is 51.2 Å². The van der Waals surface area contributed by atoms with E-state index in [1.165, 1.54) is 0 Å². The zero-order chi connectivity index (χ0) is 18.7. The molecule has 3 atom stereocenters. The first-order chi connectivity index (χ1) is 12.3. The molecule has 2 aliphatic carbocycles. The second-order valence-electron chi connectivity index (χ2n) is 7.62. The minimum absolute atomic E-state index is 0.0916. The highest BCUT2D eigenvalue weighted by molar-refractivity contribution is 6.27. The molecule has 0 spiro atoms. The summed E-state index contributed by atoms with van der Waals surface area (Å²) in [5.41, 5.74) is 4.65. The molecule has 1 heterocycles. The number of hydrogen-bond donors (Lipinski definition) is 0. The molecule has 0 radical (unpaired) electrons. The van der Waals surface area contributed by atoms with Crippen molar-refractivity contribution in [1.29, 1.82) is 0 Å². The SMILES string of the molecule is Cc1ccc(C(=O)C2C(=O)CC3CC3C2=O)c(C)c1-c1onc(C)c1C. The Hall–Kier alpha value is -2.56. The average Bonchev–Trinajstić information content (AvgIpc) is 3.29. The third kappa shape index (κ3) is 2.37. The van der Waals surface area contributed by atoms with E-state index in [1.807, 2.05) is 33.8 Å². The summed E-state index contributed by atoms with van der Waals surface area (Å²) in [6.45, 7) is 7.58. The lowest BCUT2D eigenvalue weighted by Crippen LogP contribution is -2.37. The van der Waals surface area contributed by atoms with Crippen LogP contribution >= 0.6 is 0 Å². The van der Waals surface area contributed by atoms with Gasteiger partial charge in [-0.3, -0.25) is 14.4 Å². The number of carbonyl (C=O) groups excluding carboxylic acids is 3. The van der Waals surface area contributed by atoms with Crippen LogP contribution in [0.1, 0.15) is 45.6 Å². The van der Waals surface area contributed by atoms with E-state index in [-0.39, 0.29) is 29.2 Å². The summed E-state index contributed by atoms with van der Waals surface area (Å²) in [5.74, 6) is -1.21. The third-order valence-corrected chi connectivity index (χ3v) is 5.94. The Morgan fingerprint density at radius 1 is 1.12 bits per heavy atom. The number of aryl methyl sites for hydroxylation is 2. The Morgan fingerprint density at radius 2 is 1.85 bits per heavy atom. The van der Waals surface area contributed by atoms with E-state index < -0.39 is 5.92 Å². The van der Waals surface area contributed by atoms with Crippen molar-refractivity contribution in [3.63, 3.8) is 0 Å². The molecule has 1 aromatic heterocycles. The number of rotatable bonds is 3. The van der Waals surface area contributed by atoms with Crippen molar-refractivity contribution in [2.75, 3.05) is 0 Å². The van der Waals surface area contributed by atoms with Crippen molar-refractivity contribution in [2.24, 2.45) is 17.8 Å². The highest BCUT2D eigenvalue weighted by Gasteiger charge is 2.54. The second kappa shape index (κ2) is 5.73. The van der Waals surface area contributed by atoms with Crippen LogP contribution in [0.4, 0.5) is 0 Å². The molecule has 2 saturated carbocycles. The second-order valence-corrected chi connectivity index (χ2v) is 7.62. The normalized spacial score (nSPS) is 24.5. The van der Waals surface area contributed by atoms with Gasteiger partial charge in [0.1, 0.15) is 5.92 Å². The molecule has 26 heavy (non-hydrogen) atoms. The van der Waals surface area contributed by atoms with Crippen LogP contribution in [0.25, 0.3) is 11.3 Å². The van der Waals surface area contributed by atoms with Gasteiger partial charge in [-0.1, -0.05) is 17.3 Å². The van der Waals surface area contributed by atoms with Crippen LogP contribution in [0.5, 0.6) is 0 Å². The summed E-state index contributed by atoms with van der Waals surface area (Å²) in [4.78, 5) is 38.0. The minimum atomic E-state index is -1.13. The van der Waals surface area contributed by atoms with Crippen molar-refractivity contribution < 1.29 is 18.9 Å². The molecule has 0 aliphatic heterocycles. The van der Waals surface area contributed by atoms with Crippen LogP contribution in [0.3, 0.4) is 0 Å². The highest BCUT2D eigenvalue weighted by atomic mass is 16.5. The Balaban J connectivity index is 1.79. The number of ketones is 3. The van der Waals surface area contributed by atoms with Gasteiger partial charge in [-0.25, -0.2) is 0 Å². The van der Waals surface area contributed by atoms with E-state index in [9.17, 15) is 14.4 Å². The topological polar surface area (TPSA) is 77.2 Å². The molecule has 2 aromatic rings. The molecule has 4 rings (SSSR count). The van der Waals surface area contributed by atoms with Gasteiger partial charge in [0.05, 0.1) is 5.69 Å². The maximum Gasteiger partial charge on any atom is 0.181 e. The molecule has 0 bridgehead atoms. The van der Waals surface area contributed by atoms with Gasteiger partial charge in [-0.2, -0.15) is 0 Å². The zero-order valence-electron chi connectivity index (χ0n) is 15.4. The Bertz CT molecular complexity index is 969. The molecular weight excluding hydrogens is 330 g/mol. The summed E-state index contributed by atoms with van der Waals surface area (Å²) in [6, 6.07) is 3.55. The molecule has 134 valence electrons. The van der Waals surface area contributed by atoms with Crippen molar-refractivity contribution in [2.45, 2.75) is 40.5 Å². The number of aromatic nitrogens is 1. The molecule has 2 aliphatic rings. The third-order valence-electron chi connectivity index (χ3n) is 5.94. The van der Waals surface area contributed by atoms with Crippen molar-refractivity contribution in [1.82, 2.24) is 5.16 Å². The number of carbonyl (C=O) groups is 3. The minimum Gasteiger partial charge on any atom is -0.356 e. The number of nitrogens with zero attached hydrogens (tertiary/aromatic N) is 1. The number of hydrogen-bond acceptors (Lipinski definition) is 5. The molecule has 1 aromatic carbocycles. The van der Waals surface area contributed by atoms with Crippen molar-refractivity contribution in [3.8, 4) is 11.3 Å². The van der Waals surface area contributed by atoms with E-state index in [1.54, 1.807) is 6.07 Å². The Labute approximate surface area is 151 Å². The predicted octanol–water partition coefficient (Wildman–Crippen LogP) is 3.55. The van der Waals surface area contributed by atoms with Crippen molar-refractivity contribution in [3.05, 3.63) is 40.1 Å². The molecular formula is C21H21NO4. The van der Waals surface area contributed by atoms with Gasteiger partial charge in [0.25, 0.3) is 0 Å². The molecule has 5 heteroatoms. The van der Waals surface area contributed by atoms with Gasteiger partial charge in [0.2, 0.25) is 0 Å². The first kappa shape index (κ1) is 16.9. The fourth-order valence-corrected chi connectivity index (χ4v) is 4.11. The lowest BCUT2D eigenvalue weighted by atomic mass is 9.79. The fourth-order valence-electron chi connectivity index (χ4n) is 4.11. The van der Waals surface area contributed by atoms with E-state index in [0.29, 0.717) is 17.7 Å². The number of benzene rings is 1. The molecule has 3 unspecified atom stereocenters. The molecule has 0 N–H and O–H groups in total. The van der Waals surface area contributed by atoms with Crippen LogP contribution in [0.15, 0.2) is 16.7 Å². The predicted molar refractivity (Wildman–Crippen MR) is 94.9 cm³/mol. The van der Waals surface area contributed by atoms with E-state index in [0.717, 1.165) is 34.4 Å². The summed E-state index contributed by atoms with van der Waals surface area (Å²) < 4.78 is 5.49. The van der Waals surface area contributed by atoms with Gasteiger partial charge in [-0.15, -0.1) is 0 Å². The fraction of sp³-hybridized carbons (Fsp3) is 0.429. The van der Waals surface area contributed by atoms with Gasteiger partial charge in [0, 0.05) is 29.0 Å². The smallest absolute Gasteiger partial charge is 0.181 e. The first-order valence-corrected chi connectivity index (χ1v) is 8.95. The zero-order valence-corrected chi connectivity index (χ0v) is 15.4. The standard InChI is InChI=1S/C21H21NO4/c1-9-5-6-14(11(3)17(9)21-10(2)12(4)22-26-21)19(24)18-16(23)8-13-7-15(13)20(18)25/h5-6,13,15,18H,7-8H2,1-4H3. The van der Waals surface area contributed by atoms with Gasteiger partial charge >= 0.3 is 0 Å². The molecule has 2 fully saturated rings. The monoisotopic (exact) mass is 351 g/mol. The van der Waals surface area contributed by atoms with Crippen molar-refractivity contribution >= 4 is 17.3 Å². The molecule has 0 saturated heterocycles. The summed E-state index contributed by atoms with van der Waals surface area (Å²) in [6.07, 6.45) is 1.11. The van der Waals surface area contributed by atoms with E-state index in [4.69, 9.17) is 4.52 Å². The number of Topliss-reactive ketones (excluding diaryl/α,β-unsaturated/α-hetero) is 3. The van der Waals surface area contributed by atoms with Crippen LogP contribution < -0.4 is 0 Å². The highest BCUT2D eigenvalue weighted by Crippen LogP contribution is 2.48. The van der Waals surface area contributed by atoms with E-state index >= 15 is 0 Å². The maximum atomic E-state index is 13.1. The number of fused-ring (bicyclic) bond motifs is 1. The Kier molecular flexibility index (Phi) is 3.72. The van der Waals surface area contributed by atoms with E-state index in [2.05, 4.69) is 5.16 Å².